The van der Waals surface area contributed by atoms with Crippen LogP contribution in [0.4, 0.5) is 0 Å². The molecule has 0 aromatic heterocycles. The molecule has 0 bridgehead atoms. The van der Waals surface area contributed by atoms with Gasteiger partial charge in [-0.15, -0.1) is 0 Å². The Morgan fingerprint density at radius 1 is 1.25 bits per heavy atom. The van der Waals surface area contributed by atoms with E-state index in [4.69, 9.17) is 0 Å². The lowest BCUT2D eigenvalue weighted by atomic mass is 10.1. The zero-order chi connectivity index (χ0) is 12.0. The van der Waals surface area contributed by atoms with Crippen LogP contribution in [-0.4, -0.2) is 36.1 Å². The van der Waals surface area contributed by atoms with Gasteiger partial charge in [0.2, 0.25) is 0 Å². The summed E-state index contributed by atoms with van der Waals surface area (Å²) >= 11 is 0. The molecule has 96 valence electrons. The van der Waals surface area contributed by atoms with Gasteiger partial charge in [0.15, 0.2) is 0 Å². The van der Waals surface area contributed by atoms with Crippen molar-refractivity contribution in [1.82, 2.24) is 10.2 Å². The lowest BCUT2D eigenvalue weighted by molar-refractivity contribution is 0.187. The molecule has 0 saturated heterocycles. The van der Waals surface area contributed by atoms with E-state index in [0.717, 1.165) is 12.1 Å². The normalized spacial score (nSPS) is 18.4. The second kappa shape index (κ2) is 7.29. The number of nitrogens with zero attached hydrogens (tertiary/aromatic N) is 1. The standard InChI is InChI=1S/C14H30N2/c1-5-11-16(14-8-9-14)13(4)7-6-10-15-12(2)3/h12-15H,5-11H2,1-4H3. The Kier molecular flexibility index (Phi) is 6.37. The number of rotatable bonds is 9. The molecule has 0 amide bonds. The van der Waals surface area contributed by atoms with Gasteiger partial charge in [0, 0.05) is 18.1 Å². The van der Waals surface area contributed by atoms with Crippen LogP contribution in [0, 0.1) is 0 Å². The Morgan fingerprint density at radius 3 is 2.44 bits per heavy atom. The Labute approximate surface area is 102 Å². The predicted octanol–water partition coefficient (Wildman–Crippen LogP) is 3.03. The molecule has 0 aromatic rings. The Bertz CT molecular complexity index is 176. The highest BCUT2D eigenvalue weighted by Gasteiger charge is 2.30. The summed E-state index contributed by atoms with van der Waals surface area (Å²) in [5.74, 6) is 0. The van der Waals surface area contributed by atoms with Gasteiger partial charge in [0.05, 0.1) is 0 Å². The van der Waals surface area contributed by atoms with E-state index in [1.807, 2.05) is 0 Å². The second-order valence-corrected chi connectivity index (χ2v) is 5.57. The average molecular weight is 226 g/mol. The first kappa shape index (κ1) is 14.0. The second-order valence-electron chi connectivity index (χ2n) is 5.57. The van der Waals surface area contributed by atoms with Gasteiger partial charge in [-0.3, -0.25) is 4.90 Å². The van der Waals surface area contributed by atoms with Gasteiger partial charge in [0.1, 0.15) is 0 Å². The van der Waals surface area contributed by atoms with Crippen molar-refractivity contribution in [2.45, 2.75) is 77.9 Å². The van der Waals surface area contributed by atoms with Gasteiger partial charge in [-0.2, -0.15) is 0 Å². The van der Waals surface area contributed by atoms with Crippen molar-refractivity contribution >= 4 is 0 Å². The van der Waals surface area contributed by atoms with Crippen LogP contribution in [0.15, 0.2) is 0 Å². The third-order valence-corrected chi connectivity index (χ3v) is 3.42. The van der Waals surface area contributed by atoms with Gasteiger partial charge in [0.25, 0.3) is 0 Å². The SMILES string of the molecule is CCCN(C(C)CCCNC(C)C)C1CC1. The van der Waals surface area contributed by atoms with Crippen LogP contribution >= 0.6 is 0 Å². The summed E-state index contributed by atoms with van der Waals surface area (Å²) in [6.07, 6.45) is 6.83. The molecule has 1 aliphatic carbocycles. The van der Waals surface area contributed by atoms with Crippen LogP contribution in [0.3, 0.4) is 0 Å². The molecule has 16 heavy (non-hydrogen) atoms. The van der Waals surface area contributed by atoms with Crippen molar-refractivity contribution in [2.24, 2.45) is 0 Å². The minimum atomic E-state index is 0.630. The summed E-state index contributed by atoms with van der Waals surface area (Å²) in [6.45, 7) is 11.6. The summed E-state index contributed by atoms with van der Waals surface area (Å²) in [5, 5.41) is 3.50. The van der Waals surface area contributed by atoms with E-state index >= 15 is 0 Å². The summed E-state index contributed by atoms with van der Waals surface area (Å²) in [7, 11) is 0. The number of hydrogen-bond donors (Lipinski definition) is 1. The van der Waals surface area contributed by atoms with Crippen molar-refractivity contribution in [3.63, 3.8) is 0 Å². The minimum absolute atomic E-state index is 0.630. The summed E-state index contributed by atoms with van der Waals surface area (Å²) in [5.41, 5.74) is 0. The summed E-state index contributed by atoms with van der Waals surface area (Å²) < 4.78 is 0. The molecule has 0 spiro atoms. The molecule has 0 heterocycles. The van der Waals surface area contributed by atoms with Crippen LogP contribution in [0.1, 0.15) is 59.8 Å². The molecule has 1 N–H and O–H groups in total. The molecule has 0 radical (unpaired) electrons. The van der Waals surface area contributed by atoms with Gasteiger partial charge in [-0.1, -0.05) is 20.8 Å². The van der Waals surface area contributed by atoms with Gasteiger partial charge < -0.3 is 5.32 Å². The first-order chi connectivity index (χ1) is 7.65. The van der Waals surface area contributed by atoms with E-state index in [1.165, 1.54) is 45.2 Å². The fourth-order valence-corrected chi connectivity index (χ4v) is 2.38. The van der Waals surface area contributed by atoms with Crippen molar-refractivity contribution < 1.29 is 0 Å². The van der Waals surface area contributed by atoms with Crippen molar-refractivity contribution in [1.29, 1.82) is 0 Å². The van der Waals surface area contributed by atoms with Crippen LogP contribution in [0.5, 0.6) is 0 Å². The maximum Gasteiger partial charge on any atom is 0.00992 e. The highest BCUT2D eigenvalue weighted by atomic mass is 15.2. The molecule has 2 nitrogen and oxygen atoms in total. The predicted molar refractivity (Wildman–Crippen MR) is 71.9 cm³/mol. The lowest BCUT2D eigenvalue weighted by Crippen LogP contribution is -2.36. The fourth-order valence-electron chi connectivity index (χ4n) is 2.38. The average Bonchev–Trinajstić information content (AvgIpc) is 3.04. The fraction of sp³-hybridized carbons (Fsp3) is 1.00. The molecule has 1 unspecified atom stereocenters. The molecule has 1 atom stereocenters. The Hall–Kier alpha value is -0.0800. The van der Waals surface area contributed by atoms with E-state index in [2.05, 4.69) is 37.9 Å². The van der Waals surface area contributed by atoms with Crippen molar-refractivity contribution in [3.05, 3.63) is 0 Å². The van der Waals surface area contributed by atoms with Crippen LogP contribution in [-0.2, 0) is 0 Å². The topological polar surface area (TPSA) is 15.3 Å². The van der Waals surface area contributed by atoms with Crippen LogP contribution < -0.4 is 5.32 Å². The molecule has 1 saturated carbocycles. The molecule has 1 fully saturated rings. The Balaban J connectivity index is 2.13. The molecule has 1 rings (SSSR count). The summed E-state index contributed by atoms with van der Waals surface area (Å²) in [6, 6.07) is 2.33. The van der Waals surface area contributed by atoms with Crippen LogP contribution in [0.2, 0.25) is 0 Å². The lowest BCUT2D eigenvalue weighted by Gasteiger charge is -2.29. The third-order valence-electron chi connectivity index (χ3n) is 3.42. The van der Waals surface area contributed by atoms with Gasteiger partial charge in [-0.25, -0.2) is 0 Å². The molecule has 0 aliphatic heterocycles. The van der Waals surface area contributed by atoms with E-state index < -0.39 is 0 Å². The highest BCUT2D eigenvalue weighted by molar-refractivity contribution is 4.87. The largest absolute Gasteiger partial charge is 0.315 e. The molecular formula is C14H30N2. The minimum Gasteiger partial charge on any atom is -0.315 e. The van der Waals surface area contributed by atoms with E-state index in [9.17, 15) is 0 Å². The summed E-state index contributed by atoms with van der Waals surface area (Å²) in [4.78, 5) is 2.73. The molecule has 1 aliphatic rings. The van der Waals surface area contributed by atoms with Crippen molar-refractivity contribution in [2.75, 3.05) is 13.1 Å². The van der Waals surface area contributed by atoms with Crippen molar-refractivity contribution in [3.8, 4) is 0 Å². The van der Waals surface area contributed by atoms with Crippen LogP contribution in [0.25, 0.3) is 0 Å². The molecule has 0 aromatic carbocycles. The highest BCUT2D eigenvalue weighted by Crippen LogP contribution is 2.29. The quantitative estimate of drug-likeness (QED) is 0.608. The smallest absolute Gasteiger partial charge is 0.00992 e. The number of hydrogen-bond acceptors (Lipinski definition) is 2. The van der Waals surface area contributed by atoms with E-state index in [1.54, 1.807) is 0 Å². The monoisotopic (exact) mass is 226 g/mol. The third kappa shape index (κ3) is 5.31. The van der Waals surface area contributed by atoms with Gasteiger partial charge >= 0.3 is 0 Å². The first-order valence-corrected chi connectivity index (χ1v) is 7.14. The first-order valence-electron chi connectivity index (χ1n) is 7.14. The zero-order valence-electron chi connectivity index (χ0n) is 11.6. The van der Waals surface area contributed by atoms with Gasteiger partial charge in [-0.05, 0) is 52.1 Å². The molecular weight excluding hydrogens is 196 g/mol. The maximum absolute atomic E-state index is 3.50. The number of nitrogens with one attached hydrogen (secondary N) is 1. The maximum atomic E-state index is 3.50. The molecule has 2 heteroatoms. The van der Waals surface area contributed by atoms with E-state index in [0.29, 0.717) is 6.04 Å². The Morgan fingerprint density at radius 2 is 1.94 bits per heavy atom. The van der Waals surface area contributed by atoms with E-state index in [-0.39, 0.29) is 0 Å². The zero-order valence-corrected chi connectivity index (χ0v) is 11.6.